The van der Waals surface area contributed by atoms with Crippen LogP contribution in [-0.2, 0) is 9.59 Å². The minimum atomic E-state index is -0.216. The van der Waals surface area contributed by atoms with E-state index in [1.165, 1.54) is 5.56 Å². The second-order valence-electron chi connectivity index (χ2n) is 8.33. The number of aryl methyl sites for hydroxylation is 2. The summed E-state index contributed by atoms with van der Waals surface area (Å²) in [5.41, 5.74) is 5.22. The number of hydrogen-bond acceptors (Lipinski definition) is 3. The molecule has 0 unspecified atom stereocenters. The van der Waals surface area contributed by atoms with E-state index in [9.17, 15) is 9.59 Å². The molecule has 0 radical (unpaired) electrons. The van der Waals surface area contributed by atoms with Gasteiger partial charge in [0.25, 0.3) is 11.8 Å². The smallest absolute Gasteiger partial charge is 0.254 e. The van der Waals surface area contributed by atoms with E-state index in [1.54, 1.807) is 6.21 Å². The van der Waals surface area contributed by atoms with Gasteiger partial charge >= 0.3 is 0 Å². The van der Waals surface area contributed by atoms with Gasteiger partial charge in [0, 0.05) is 27.1 Å². The standard InChI is InChI=1S/C23H22BrN3O2/c1-12-4-7-18(10-19(12)24)26-13(2)8-17(14(26)3)11-25-27-22(28)20-15-5-6-16(9-15)21(20)23(27)29/h4-8,10-11,15-16,20-21H,9H2,1-3H3/b25-11-/t15-,16-,20-,21+/m0/s1. The molecule has 1 aromatic heterocycles. The summed E-state index contributed by atoms with van der Waals surface area (Å²) in [5, 5.41) is 5.44. The lowest BCUT2D eigenvalue weighted by atomic mass is 9.85. The maximum Gasteiger partial charge on any atom is 0.254 e. The van der Waals surface area contributed by atoms with E-state index in [4.69, 9.17) is 0 Å². The van der Waals surface area contributed by atoms with Crippen molar-refractivity contribution in [2.75, 3.05) is 0 Å². The zero-order chi connectivity index (χ0) is 20.4. The minimum absolute atomic E-state index is 0.149. The molecule has 6 heteroatoms. The Morgan fingerprint density at radius 2 is 1.69 bits per heavy atom. The van der Waals surface area contributed by atoms with Crippen LogP contribution in [0.1, 0.15) is 28.9 Å². The predicted octanol–water partition coefficient (Wildman–Crippen LogP) is 4.31. The van der Waals surface area contributed by atoms with Gasteiger partial charge in [0.15, 0.2) is 0 Å². The van der Waals surface area contributed by atoms with Gasteiger partial charge in [-0.05, 0) is 62.8 Å². The van der Waals surface area contributed by atoms with E-state index in [0.717, 1.165) is 38.5 Å². The normalized spacial score (nSPS) is 27.7. The van der Waals surface area contributed by atoms with Crippen LogP contribution < -0.4 is 0 Å². The van der Waals surface area contributed by atoms with E-state index in [1.807, 2.05) is 19.9 Å². The summed E-state index contributed by atoms with van der Waals surface area (Å²) in [6.45, 7) is 6.12. The molecular formula is C23H22BrN3O2. The molecule has 1 saturated heterocycles. The van der Waals surface area contributed by atoms with E-state index < -0.39 is 0 Å². The van der Waals surface area contributed by atoms with E-state index in [0.29, 0.717) is 0 Å². The van der Waals surface area contributed by atoms with Crippen molar-refractivity contribution < 1.29 is 9.59 Å². The highest BCUT2D eigenvalue weighted by Crippen LogP contribution is 2.52. The first-order chi connectivity index (χ1) is 13.9. The number of allylic oxidation sites excluding steroid dienone is 2. The fraction of sp³-hybridized carbons (Fsp3) is 0.348. The number of carbonyl (C=O) groups excluding carboxylic acids is 2. The molecule has 0 N–H and O–H groups in total. The molecule has 1 aliphatic heterocycles. The molecule has 2 aromatic rings. The highest BCUT2D eigenvalue weighted by molar-refractivity contribution is 9.10. The molecule has 2 aliphatic carbocycles. The van der Waals surface area contributed by atoms with Crippen molar-refractivity contribution in [1.29, 1.82) is 0 Å². The maximum atomic E-state index is 12.8. The fourth-order valence-corrected chi connectivity index (χ4v) is 5.52. The Labute approximate surface area is 178 Å². The molecular weight excluding hydrogens is 430 g/mol. The van der Waals surface area contributed by atoms with Crippen LogP contribution in [-0.4, -0.2) is 27.6 Å². The Hall–Kier alpha value is -2.47. The number of amides is 2. The third kappa shape index (κ3) is 2.69. The largest absolute Gasteiger partial charge is 0.318 e. The summed E-state index contributed by atoms with van der Waals surface area (Å²) in [6.07, 6.45) is 6.76. The van der Waals surface area contributed by atoms with Gasteiger partial charge < -0.3 is 4.57 Å². The number of nitrogens with zero attached hydrogens (tertiary/aromatic N) is 3. The number of imide groups is 1. The van der Waals surface area contributed by atoms with Gasteiger partial charge in [0.05, 0.1) is 18.1 Å². The molecule has 29 heavy (non-hydrogen) atoms. The number of hydrazone groups is 1. The third-order valence-electron chi connectivity index (χ3n) is 6.64. The molecule has 148 valence electrons. The molecule has 1 aromatic carbocycles. The molecule has 5 nitrogen and oxygen atoms in total. The first-order valence-electron chi connectivity index (χ1n) is 9.92. The minimum Gasteiger partial charge on any atom is -0.318 e. The van der Waals surface area contributed by atoms with E-state index in [2.05, 4.69) is 62.9 Å². The second kappa shape index (κ2) is 6.52. The van der Waals surface area contributed by atoms with Gasteiger partial charge in [0.1, 0.15) is 0 Å². The number of aromatic nitrogens is 1. The molecule has 2 heterocycles. The number of hydrogen-bond donors (Lipinski definition) is 0. The van der Waals surface area contributed by atoms with Gasteiger partial charge in [-0.25, -0.2) is 0 Å². The number of benzene rings is 1. The number of halogens is 1. The van der Waals surface area contributed by atoms with Crippen molar-refractivity contribution in [1.82, 2.24) is 9.58 Å². The molecule has 2 bridgehead atoms. The molecule has 5 rings (SSSR count). The van der Waals surface area contributed by atoms with Crippen molar-refractivity contribution in [2.45, 2.75) is 27.2 Å². The zero-order valence-corrected chi connectivity index (χ0v) is 18.2. The van der Waals surface area contributed by atoms with E-state index in [-0.39, 0.29) is 35.5 Å². The van der Waals surface area contributed by atoms with Crippen LogP contribution in [0.3, 0.4) is 0 Å². The third-order valence-corrected chi connectivity index (χ3v) is 7.50. The fourth-order valence-electron chi connectivity index (χ4n) is 5.16. The number of rotatable bonds is 3. The van der Waals surface area contributed by atoms with Crippen molar-refractivity contribution in [3.05, 3.63) is 63.4 Å². The van der Waals surface area contributed by atoms with Gasteiger partial charge in [-0.2, -0.15) is 10.1 Å². The first-order valence-corrected chi connectivity index (χ1v) is 10.7. The highest BCUT2D eigenvalue weighted by Gasteiger charge is 2.59. The molecule has 1 saturated carbocycles. The van der Waals surface area contributed by atoms with Gasteiger partial charge in [-0.3, -0.25) is 9.59 Å². The Morgan fingerprint density at radius 3 is 2.31 bits per heavy atom. The first kappa shape index (κ1) is 18.6. The van der Waals surface area contributed by atoms with Crippen LogP contribution >= 0.6 is 15.9 Å². The van der Waals surface area contributed by atoms with Gasteiger partial charge in [-0.1, -0.05) is 34.1 Å². The SMILES string of the molecule is Cc1ccc(-n2c(C)cc(/C=N\N3C(=O)[C@@H]4[C@H](C3=O)[C@H]3C=C[C@H]4C3)c2C)cc1Br. The highest BCUT2D eigenvalue weighted by atomic mass is 79.9. The summed E-state index contributed by atoms with van der Waals surface area (Å²) < 4.78 is 3.21. The Balaban J connectivity index is 1.44. The topological polar surface area (TPSA) is 54.7 Å². The lowest BCUT2D eigenvalue weighted by Gasteiger charge is -2.13. The molecule has 4 atom stereocenters. The summed E-state index contributed by atoms with van der Waals surface area (Å²) in [6, 6.07) is 8.28. The summed E-state index contributed by atoms with van der Waals surface area (Å²) in [5.74, 6) is -0.328. The van der Waals surface area contributed by atoms with Gasteiger partial charge in [0.2, 0.25) is 0 Å². The quantitative estimate of drug-likeness (QED) is 0.396. The summed E-state index contributed by atoms with van der Waals surface area (Å²) in [4.78, 5) is 25.6. The van der Waals surface area contributed by atoms with Gasteiger partial charge in [-0.15, -0.1) is 0 Å². The van der Waals surface area contributed by atoms with Crippen LogP contribution in [0.25, 0.3) is 5.69 Å². The van der Waals surface area contributed by atoms with Crippen LogP contribution in [0.4, 0.5) is 0 Å². The zero-order valence-electron chi connectivity index (χ0n) is 16.6. The molecule has 2 fully saturated rings. The summed E-state index contributed by atoms with van der Waals surface area (Å²) in [7, 11) is 0. The van der Waals surface area contributed by atoms with Crippen LogP contribution in [0.5, 0.6) is 0 Å². The van der Waals surface area contributed by atoms with Crippen molar-refractivity contribution in [2.24, 2.45) is 28.8 Å². The van der Waals surface area contributed by atoms with Crippen LogP contribution in [0.2, 0.25) is 0 Å². The lowest BCUT2D eigenvalue weighted by molar-refractivity contribution is -0.140. The Bertz CT molecular complexity index is 1080. The molecule has 0 spiro atoms. The maximum absolute atomic E-state index is 12.8. The number of fused-ring (bicyclic) bond motifs is 5. The number of carbonyl (C=O) groups is 2. The van der Waals surface area contributed by atoms with Crippen molar-refractivity contribution in [3.63, 3.8) is 0 Å². The monoisotopic (exact) mass is 451 g/mol. The van der Waals surface area contributed by atoms with Crippen molar-refractivity contribution in [3.8, 4) is 5.69 Å². The van der Waals surface area contributed by atoms with E-state index >= 15 is 0 Å². The lowest BCUT2D eigenvalue weighted by Crippen LogP contribution is -2.28. The predicted molar refractivity (Wildman–Crippen MR) is 115 cm³/mol. The van der Waals surface area contributed by atoms with Crippen LogP contribution in [0, 0.1) is 44.4 Å². The second-order valence-corrected chi connectivity index (χ2v) is 9.18. The van der Waals surface area contributed by atoms with Crippen LogP contribution in [0.15, 0.2) is 46.0 Å². The average Bonchev–Trinajstić information content (AvgIpc) is 3.41. The Kier molecular flexibility index (Phi) is 4.17. The summed E-state index contributed by atoms with van der Waals surface area (Å²) >= 11 is 3.60. The Morgan fingerprint density at radius 1 is 1.03 bits per heavy atom. The van der Waals surface area contributed by atoms with Crippen molar-refractivity contribution >= 4 is 34.0 Å². The molecule has 2 amide bonds. The molecule has 3 aliphatic rings. The average molecular weight is 452 g/mol.